The van der Waals surface area contributed by atoms with E-state index in [2.05, 4.69) is 5.32 Å². The molecule has 7 nitrogen and oxygen atoms in total. The highest BCUT2D eigenvalue weighted by Gasteiger charge is 2.07. The van der Waals surface area contributed by atoms with Crippen molar-refractivity contribution in [2.45, 2.75) is 13.3 Å². The molecule has 1 aromatic rings. The fraction of sp³-hybridized carbons (Fsp3) is 0.357. The van der Waals surface area contributed by atoms with Crippen LogP contribution in [0.5, 0.6) is 5.75 Å². The monoisotopic (exact) mass is 294 g/mol. The smallest absolute Gasteiger partial charge is 0.307 e. The number of primary amides is 1. The molecule has 0 bridgehead atoms. The Morgan fingerprint density at radius 3 is 2.43 bits per heavy atom. The van der Waals surface area contributed by atoms with E-state index in [9.17, 15) is 14.4 Å². The van der Waals surface area contributed by atoms with Crippen LogP contribution in [0.3, 0.4) is 0 Å². The number of hydrogen-bond donors (Lipinski definition) is 2. The molecule has 0 fully saturated rings. The highest BCUT2D eigenvalue weighted by Crippen LogP contribution is 2.11. The summed E-state index contributed by atoms with van der Waals surface area (Å²) in [5, 5.41) is 2.60. The molecule has 0 unspecified atom stereocenters. The molecule has 3 N–H and O–H groups in total. The lowest BCUT2D eigenvalue weighted by molar-refractivity contribution is -0.142. The molecule has 0 heterocycles. The van der Waals surface area contributed by atoms with Crippen LogP contribution in [0.1, 0.15) is 23.7 Å². The number of amides is 2. The Kier molecular flexibility index (Phi) is 6.73. The number of hydrogen-bond acceptors (Lipinski definition) is 5. The van der Waals surface area contributed by atoms with Gasteiger partial charge in [-0.15, -0.1) is 0 Å². The van der Waals surface area contributed by atoms with Gasteiger partial charge in [0.15, 0.2) is 6.61 Å². The quantitative estimate of drug-likeness (QED) is 0.667. The molecule has 0 aliphatic rings. The first-order chi connectivity index (χ1) is 10.0. The molecule has 0 saturated carbocycles. The van der Waals surface area contributed by atoms with Gasteiger partial charge in [0, 0.05) is 12.1 Å². The van der Waals surface area contributed by atoms with Gasteiger partial charge in [0.1, 0.15) is 5.75 Å². The van der Waals surface area contributed by atoms with Crippen molar-refractivity contribution in [3.05, 3.63) is 29.8 Å². The summed E-state index contributed by atoms with van der Waals surface area (Å²) in [7, 11) is 0. The first-order valence-electron chi connectivity index (χ1n) is 6.48. The Bertz CT molecular complexity index is 499. The third-order valence-electron chi connectivity index (χ3n) is 2.42. The van der Waals surface area contributed by atoms with Gasteiger partial charge in [-0.25, -0.2) is 0 Å². The van der Waals surface area contributed by atoms with E-state index in [4.69, 9.17) is 15.2 Å². The standard InChI is InChI=1S/C14H18N2O5/c1-2-20-13(18)7-8-16-14(19)10-3-5-11(6-4-10)21-9-12(15)17/h3-6H,2,7-9H2,1H3,(H2,15,17)(H,16,19). The summed E-state index contributed by atoms with van der Waals surface area (Å²) in [5.74, 6) is -0.790. The molecule has 1 rings (SSSR count). The summed E-state index contributed by atoms with van der Waals surface area (Å²) in [6.45, 7) is 2.03. The lowest BCUT2D eigenvalue weighted by atomic mass is 10.2. The van der Waals surface area contributed by atoms with Crippen LogP contribution < -0.4 is 15.8 Å². The first-order valence-corrected chi connectivity index (χ1v) is 6.48. The fourth-order valence-electron chi connectivity index (χ4n) is 1.47. The molecular formula is C14H18N2O5. The van der Waals surface area contributed by atoms with Crippen LogP contribution in [0, 0.1) is 0 Å². The van der Waals surface area contributed by atoms with Crippen molar-refractivity contribution in [2.24, 2.45) is 5.73 Å². The minimum absolute atomic E-state index is 0.124. The minimum Gasteiger partial charge on any atom is -0.484 e. The largest absolute Gasteiger partial charge is 0.484 e. The van der Waals surface area contributed by atoms with Crippen molar-refractivity contribution < 1.29 is 23.9 Å². The Labute approximate surface area is 122 Å². The van der Waals surface area contributed by atoms with Crippen LogP contribution >= 0.6 is 0 Å². The molecule has 0 spiro atoms. The summed E-state index contributed by atoms with van der Waals surface area (Å²) in [6, 6.07) is 6.22. The minimum atomic E-state index is -0.573. The van der Waals surface area contributed by atoms with Gasteiger partial charge in [-0.2, -0.15) is 0 Å². The van der Waals surface area contributed by atoms with Gasteiger partial charge in [-0.05, 0) is 31.2 Å². The number of carbonyl (C=O) groups is 3. The molecule has 0 aliphatic heterocycles. The van der Waals surface area contributed by atoms with E-state index in [1.54, 1.807) is 31.2 Å². The number of ether oxygens (including phenoxy) is 2. The molecule has 7 heteroatoms. The van der Waals surface area contributed by atoms with Gasteiger partial charge in [-0.3, -0.25) is 14.4 Å². The van der Waals surface area contributed by atoms with E-state index in [0.717, 1.165) is 0 Å². The Morgan fingerprint density at radius 1 is 1.19 bits per heavy atom. The normalized spacial score (nSPS) is 9.76. The van der Waals surface area contributed by atoms with E-state index in [-0.39, 0.29) is 31.4 Å². The average molecular weight is 294 g/mol. The van der Waals surface area contributed by atoms with E-state index < -0.39 is 5.91 Å². The lowest BCUT2D eigenvalue weighted by Crippen LogP contribution is -2.26. The van der Waals surface area contributed by atoms with Crippen LogP contribution in [0.25, 0.3) is 0 Å². The summed E-state index contributed by atoms with van der Waals surface area (Å²) in [6.07, 6.45) is 0.124. The van der Waals surface area contributed by atoms with Crippen LogP contribution in [-0.2, 0) is 14.3 Å². The van der Waals surface area contributed by atoms with Crippen LogP contribution in [0.2, 0.25) is 0 Å². The fourth-order valence-corrected chi connectivity index (χ4v) is 1.47. The van der Waals surface area contributed by atoms with Crippen LogP contribution in [0.4, 0.5) is 0 Å². The maximum Gasteiger partial charge on any atom is 0.307 e. The highest BCUT2D eigenvalue weighted by atomic mass is 16.5. The third-order valence-corrected chi connectivity index (χ3v) is 2.42. The van der Waals surface area contributed by atoms with Gasteiger partial charge in [-0.1, -0.05) is 0 Å². The van der Waals surface area contributed by atoms with E-state index in [1.807, 2.05) is 0 Å². The third kappa shape index (κ3) is 6.42. The van der Waals surface area contributed by atoms with Crippen molar-refractivity contribution in [3.63, 3.8) is 0 Å². The first kappa shape index (κ1) is 16.5. The topological polar surface area (TPSA) is 108 Å². The maximum absolute atomic E-state index is 11.8. The predicted molar refractivity (Wildman–Crippen MR) is 74.7 cm³/mol. The number of carbonyl (C=O) groups excluding carboxylic acids is 3. The molecule has 0 atom stereocenters. The summed E-state index contributed by atoms with van der Waals surface area (Å²) < 4.78 is 9.82. The molecule has 0 saturated heterocycles. The van der Waals surface area contributed by atoms with Gasteiger partial charge < -0.3 is 20.5 Å². The molecule has 114 valence electrons. The van der Waals surface area contributed by atoms with Crippen LogP contribution in [-0.4, -0.2) is 37.5 Å². The molecule has 0 aliphatic carbocycles. The van der Waals surface area contributed by atoms with Gasteiger partial charge in [0.2, 0.25) is 0 Å². The van der Waals surface area contributed by atoms with Crippen molar-refractivity contribution in [1.29, 1.82) is 0 Å². The number of nitrogens with one attached hydrogen (secondary N) is 1. The molecule has 0 aromatic heterocycles. The van der Waals surface area contributed by atoms with Crippen LogP contribution in [0.15, 0.2) is 24.3 Å². The van der Waals surface area contributed by atoms with Crippen molar-refractivity contribution in [1.82, 2.24) is 5.32 Å². The molecule has 2 amide bonds. The molecular weight excluding hydrogens is 276 g/mol. The Morgan fingerprint density at radius 2 is 1.86 bits per heavy atom. The summed E-state index contributed by atoms with van der Waals surface area (Å²) >= 11 is 0. The van der Waals surface area contributed by atoms with Crippen molar-refractivity contribution >= 4 is 17.8 Å². The second kappa shape index (κ2) is 8.57. The Balaban J connectivity index is 2.40. The van der Waals surface area contributed by atoms with E-state index >= 15 is 0 Å². The SMILES string of the molecule is CCOC(=O)CCNC(=O)c1ccc(OCC(N)=O)cc1. The zero-order chi connectivity index (χ0) is 15.7. The number of rotatable bonds is 8. The van der Waals surface area contributed by atoms with Gasteiger partial charge in [0.05, 0.1) is 13.0 Å². The zero-order valence-corrected chi connectivity index (χ0v) is 11.8. The number of nitrogens with two attached hydrogens (primary N) is 1. The van der Waals surface area contributed by atoms with Crippen molar-refractivity contribution in [2.75, 3.05) is 19.8 Å². The van der Waals surface area contributed by atoms with Gasteiger partial charge in [0.25, 0.3) is 11.8 Å². The second-order valence-electron chi connectivity index (χ2n) is 4.09. The second-order valence-corrected chi connectivity index (χ2v) is 4.09. The molecule has 1 aromatic carbocycles. The van der Waals surface area contributed by atoms with E-state index in [0.29, 0.717) is 17.9 Å². The van der Waals surface area contributed by atoms with Gasteiger partial charge >= 0.3 is 5.97 Å². The number of benzene rings is 1. The summed E-state index contributed by atoms with van der Waals surface area (Å²) in [4.78, 5) is 33.5. The average Bonchev–Trinajstić information content (AvgIpc) is 2.45. The predicted octanol–water partition coefficient (Wildman–Crippen LogP) is 0.234. The lowest BCUT2D eigenvalue weighted by Gasteiger charge is -2.07. The Hall–Kier alpha value is -2.57. The zero-order valence-electron chi connectivity index (χ0n) is 11.8. The van der Waals surface area contributed by atoms with E-state index in [1.165, 1.54) is 0 Å². The highest BCUT2D eigenvalue weighted by molar-refractivity contribution is 5.94. The molecule has 0 radical (unpaired) electrons. The maximum atomic E-state index is 11.8. The molecule has 21 heavy (non-hydrogen) atoms. The number of esters is 1. The summed E-state index contributed by atoms with van der Waals surface area (Å²) in [5.41, 5.74) is 5.37. The van der Waals surface area contributed by atoms with Crippen molar-refractivity contribution in [3.8, 4) is 5.75 Å².